The number of benzene rings is 1. The maximum absolute atomic E-state index is 13.3. The molecule has 24 heavy (non-hydrogen) atoms. The number of aliphatic hydroxyl groups is 1. The first-order valence-electron chi connectivity index (χ1n) is 7.63. The third kappa shape index (κ3) is 5.29. The number of nitrogens with one attached hydrogen (secondary N) is 2. The molecule has 0 saturated carbocycles. The SMILES string of the molecule is CCNC(=NCc1cc(F)ccc1Br)NCC(C)(O)c1ccsc1. The molecule has 1 aromatic heterocycles. The Hall–Kier alpha value is -1.44. The molecule has 0 aliphatic rings. The highest BCUT2D eigenvalue weighted by atomic mass is 79.9. The maximum Gasteiger partial charge on any atom is 0.191 e. The fraction of sp³-hybridized carbons (Fsp3) is 0.353. The van der Waals surface area contributed by atoms with E-state index in [1.165, 1.54) is 12.1 Å². The number of nitrogens with zero attached hydrogens (tertiary/aromatic N) is 1. The fourth-order valence-corrected chi connectivity index (χ4v) is 3.25. The summed E-state index contributed by atoms with van der Waals surface area (Å²) in [5.74, 6) is 0.283. The van der Waals surface area contributed by atoms with Crippen molar-refractivity contribution in [3.63, 3.8) is 0 Å². The first-order chi connectivity index (χ1) is 11.4. The minimum Gasteiger partial charge on any atom is -0.384 e. The second-order valence-electron chi connectivity index (χ2n) is 5.57. The van der Waals surface area contributed by atoms with Crippen molar-refractivity contribution in [3.05, 3.63) is 56.4 Å². The summed E-state index contributed by atoms with van der Waals surface area (Å²) in [7, 11) is 0. The summed E-state index contributed by atoms with van der Waals surface area (Å²) in [5, 5.41) is 20.7. The van der Waals surface area contributed by atoms with Crippen LogP contribution >= 0.6 is 27.3 Å². The molecule has 1 aromatic carbocycles. The molecule has 4 nitrogen and oxygen atoms in total. The van der Waals surface area contributed by atoms with Gasteiger partial charge in [0.2, 0.25) is 0 Å². The molecule has 0 amide bonds. The van der Waals surface area contributed by atoms with Crippen LogP contribution in [0, 0.1) is 5.82 Å². The van der Waals surface area contributed by atoms with Crippen LogP contribution in [0.1, 0.15) is 25.0 Å². The van der Waals surface area contributed by atoms with Gasteiger partial charge in [-0.1, -0.05) is 15.9 Å². The van der Waals surface area contributed by atoms with Crippen molar-refractivity contribution >= 4 is 33.2 Å². The minimum atomic E-state index is -0.990. The summed E-state index contributed by atoms with van der Waals surface area (Å²) in [6.07, 6.45) is 0. The van der Waals surface area contributed by atoms with E-state index in [1.807, 2.05) is 23.8 Å². The molecule has 3 N–H and O–H groups in total. The third-order valence-electron chi connectivity index (χ3n) is 3.50. The van der Waals surface area contributed by atoms with Crippen LogP contribution in [0.25, 0.3) is 0 Å². The number of aliphatic imine (C=N–C) groups is 1. The van der Waals surface area contributed by atoms with Crippen molar-refractivity contribution < 1.29 is 9.50 Å². The van der Waals surface area contributed by atoms with Crippen molar-refractivity contribution in [1.29, 1.82) is 0 Å². The molecule has 1 unspecified atom stereocenters. The molecule has 0 radical (unpaired) electrons. The predicted octanol–water partition coefficient (Wildman–Crippen LogP) is 3.61. The largest absolute Gasteiger partial charge is 0.384 e. The number of hydrogen-bond acceptors (Lipinski definition) is 3. The molecule has 0 aliphatic carbocycles. The number of rotatable bonds is 6. The minimum absolute atomic E-state index is 0.290. The van der Waals surface area contributed by atoms with Crippen molar-refractivity contribution in [2.45, 2.75) is 26.0 Å². The molecule has 130 valence electrons. The predicted molar refractivity (Wildman–Crippen MR) is 101 cm³/mol. The maximum atomic E-state index is 13.3. The zero-order chi connectivity index (χ0) is 17.6. The first kappa shape index (κ1) is 18.9. The topological polar surface area (TPSA) is 56.7 Å². The van der Waals surface area contributed by atoms with Crippen LogP contribution in [-0.4, -0.2) is 24.2 Å². The Labute approximate surface area is 154 Å². The normalized spacial score (nSPS) is 14.3. The Morgan fingerprint density at radius 1 is 1.38 bits per heavy atom. The smallest absolute Gasteiger partial charge is 0.191 e. The summed E-state index contributed by atoms with van der Waals surface area (Å²) >= 11 is 4.95. The van der Waals surface area contributed by atoms with Gasteiger partial charge in [-0.3, -0.25) is 0 Å². The van der Waals surface area contributed by atoms with Crippen LogP contribution in [0.15, 0.2) is 44.5 Å². The summed E-state index contributed by atoms with van der Waals surface area (Å²) in [6.45, 7) is 5.06. The Morgan fingerprint density at radius 3 is 2.83 bits per heavy atom. The molecular formula is C17H21BrFN3OS. The van der Waals surface area contributed by atoms with Crippen LogP contribution < -0.4 is 10.6 Å². The van der Waals surface area contributed by atoms with Gasteiger partial charge in [-0.05, 0) is 60.0 Å². The third-order valence-corrected chi connectivity index (χ3v) is 4.96. The highest BCUT2D eigenvalue weighted by Gasteiger charge is 2.23. The van der Waals surface area contributed by atoms with E-state index in [-0.39, 0.29) is 5.82 Å². The Balaban J connectivity index is 2.04. The van der Waals surface area contributed by atoms with E-state index in [1.54, 1.807) is 24.3 Å². The second kappa shape index (κ2) is 8.60. The lowest BCUT2D eigenvalue weighted by Gasteiger charge is -2.24. The zero-order valence-corrected chi connectivity index (χ0v) is 16.0. The summed E-state index contributed by atoms with van der Waals surface area (Å²) in [4.78, 5) is 4.46. The fourth-order valence-electron chi connectivity index (χ4n) is 2.10. The molecule has 0 bridgehead atoms. The Kier molecular flexibility index (Phi) is 6.77. The quantitative estimate of drug-likeness (QED) is 0.500. The molecule has 0 aliphatic heterocycles. The highest BCUT2D eigenvalue weighted by Crippen LogP contribution is 2.22. The van der Waals surface area contributed by atoms with Gasteiger partial charge in [-0.25, -0.2) is 9.38 Å². The van der Waals surface area contributed by atoms with Crippen LogP contribution in [0.2, 0.25) is 0 Å². The average Bonchev–Trinajstić information content (AvgIpc) is 3.08. The zero-order valence-electron chi connectivity index (χ0n) is 13.6. The summed E-state index contributed by atoms with van der Waals surface area (Å²) in [5.41, 5.74) is 0.635. The lowest BCUT2D eigenvalue weighted by Crippen LogP contribution is -2.44. The van der Waals surface area contributed by atoms with Gasteiger partial charge in [0.25, 0.3) is 0 Å². The molecule has 7 heteroatoms. The lowest BCUT2D eigenvalue weighted by atomic mass is 9.99. The number of thiophene rings is 1. The van der Waals surface area contributed by atoms with Crippen molar-refractivity contribution in [3.8, 4) is 0 Å². The van der Waals surface area contributed by atoms with Crippen molar-refractivity contribution in [1.82, 2.24) is 10.6 Å². The standard InChI is InChI=1S/C17H21BrFN3OS/c1-3-20-16(21-9-12-8-14(19)4-5-15(12)18)22-11-17(2,23)13-6-7-24-10-13/h4-8,10,23H,3,9,11H2,1-2H3,(H2,20,21,22). The molecular weight excluding hydrogens is 393 g/mol. The van der Waals surface area contributed by atoms with E-state index in [9.17, 15) is 9.50 Å². The molecule has 0 spiro atoms. The van der Waals surface area contributed by atoms with Crippen molar-refractivity contribution in [2.24, 2.45) is 4.99 Å². The van der Waals surface area contributed by atoms with Crippen LogP contribution in [0.5, 0.6) is 0 Å². The van der Waals surface area contributed by atoms with Gasteiger partial charge < -0.3 is 15.7 Å². The van der Waals surface area contributed by atoms with E-state index in [0.717, 1.165) is 15.6 Å². The Morgan fingerprint density at radius 2 is 2.17 bits per heavy atom. The summed E-state index contributed by atoms with van der Waals surface area (Å²) in [6, 6.07) is 6.43. The molecule has 0 saturated heterocycles. The average molecular weight is 414 g/mol. The highest BCUT2D eigenvalue weighted by molar-refractivity contribution is 9.10. The number of hydrogen-bond donors (Lipinski definition) is 3. The molecule has 1 atom stereocenters. The van der Waals surface area contributed by atoms with E-state index in [4.69, 9.17) is 0 Å². The molecule has 0 fully saturated rings. The van der Waals surface area contributed by atoms with Gasteiger partial charge >= 0.3 is 0 Å². The van der Waals surface area contributed by atoms with Gasteiger partial charge in [0, 0.05) is 11.0 Å². The van der Waals surface area contributed by atoms with Crippen molar-refractivity contribution in [2.75, 3.05) is 13.1 Å². The van der Waals surface area contributed by atoms with E-state index < -0.39 is 5.60 Å². The monoisotopic (exact) mass is 413 g/mol. The van der Waals surface area contributed by atoms with Crippen LogP contribution in [0.4, 0.5) is 4.39 Å². The van der Waals surface area contributed by atoms with Gasteiger partial charge in [-0.2, -0.15) is 11.3 Å². The molecule has 2 aromatic rings. The van der Waals surface area contributed by atoms with Crippen LogP contribution in [0.3, 0.4) is 0 Å². The number of guanidine groups is 1. The van der Waals surface area contributed by atoms with Gasteiger partial charge in [-0.15, -0.1) is 0 Å². The summed E-state index contributed by atoms with van der Waals surface area (Å²) < 4.78 is 14.2. The second-order valence-corrected chi connectivity index (χ2v) is 7.20. The van der Waals surface area contributed by atoms with Crippen LogP contribution in [-0.2, 0) is 12.1 Å². The van der Waals surface area contributed by atoms with E-state index >= 15 is 0 Å². The molecule has 1 heterocycles. The lowest BCUT2D eigenvalue weighted by molar-refractivity contribution is 0.0621. The van der Waals surface area contributed by atoms with Gasteiger partial charge in [0.05, 0.1) is 13.1 Å². The molecule has 2 rings (SSSR count). The van der Waals surface area contributed by atoms with E-state index in [0.29, 0.717) is 25.6 Å². The first-order valence-corrected chi connectivity index (χ1v) is 9.37. The van der Waals surface area contributed by atoms with Gasteiger partial charge in [0.1, 0.15) is 11.4 Å². The van der Waals surface area contributed by atoms with Gasteiger partial charge in [0.15, 0.2) is 5.96 Å². The van der Waals surface area contributed by atoms with E-state index in [2.05, 4.69) is 31.6 Å². The number of halogens is 2. The Bertz CT molecular complexity index is 689.